The summed E-state index contributed by atoms with van der Waals surface area (Å²) in [5, 5.41) is 13.6. The maximum Gasteiger partial charge on any atom is 0.305 e. The fraction of sp³-hybridized carbons (Fsp3) is 0.484. The van der Waals surface area contributed by atoms with E-state index >= 15 is 0 Å². The van der Waals surface area contributed by atoms with E-state index in [9.17, 15) is 14.7 Å². The maximum atomic E-state index is 11.4. The Balaban J connectivity index is 2.35. The fourth-order valence-corrected chi connectivity index (χ4v) is 9.49. The molecule has 0 aliphatic carbocycles. The monoisotopic (exact) mass is 540 g/mol. The van der Waals surface area contributed by atoms with Gasteiger partial charge in [0.25, 0.3) is 14.6 Å². The minimum absolute atomic E-state index is 0.193. The molecule has 0 radical (unpaired) electrons. The molecular formula is C31H44O6Si. The predicted octanol–water partition coefficient (Wildman–Crippen LogP) is 5.27. The molecule has 0 saturated heterocycles. The van der Waals surface area contributed by atoms with Crippen molar-refractivity contribution in [3.63, 3.8) is 0 Å². The number of unbranched alkanes of at least 4 members (excludes halogenated alkanes) is 1. The first-order valence-electron chi connectivity index (χ1n) is 13.5. The molecule has 2 rings (SSSR count). The van der Waals surface area contributed by atoms with E-state index in [0.717, 1.165) is 19.3 Å². The average Bonchev–Trinajstić information content (AvgIpc) is 2.86. The summed E-state index contributed by atoms with van der Waals surface area (Å²) in [6, 6.07) is 20.9. The van der Waals surface area contributed by atoms with Gasteiger partial charge in [-0.15, -0.1) is 0 Å². The number of ether oxygens (including phenoxy) is 2. The summed E-state index contributed by atoms with van der Waals surface area (Å²) in [7, 11) is -2.82. The number of hydrogen-bond acceptors (Lipinski definition) is 6. The highest BCUT2D eigenvalue weighted by Crippen LogP contribution is 2.38. The van der Waals surface area contributed by atoms with Crippen molar-refractivity contribution in [1.82, 2.24) is 0 Å². The van der Waals surface area contributed by atoms with Crippen molar-refractivity contribution in [2.75, 3.05) is 0 Å². The number of esters is 2. The van der Waals surface area contributed by atoms with Gasteiger partial charge in [-0.1, -0.05) is 107 Å². The Morgan fingerprint density at radius 2 is 1.39 bits per heavy atom. The zero-order chi connectivity index (χ0) is 28.2. The summed E-state index contributed by atoms with van der Waals surface area (Å²) in [6.07, 6.45) is 4.81. The molecule has 0 aliphatic rings. The van der Waals surface area contributed by atoms with Crippen LogP contribution in [0.3, 0.4) is 0 Å². The first-order chi connectivity index (χ1) is 18.0. The highest BCUT2D eigenvalue weighted by Gasteiger charge is 2.51. The van der Waals surface area contributed by atoms with Gasteiger partial charge in [-0.3, -0.25) is 9.59 Å². The molecule has 6 nitrogen and oxygen atoms in total. The summed E-state index contributed by atoms with van der Waals surface area (Å²) >= 11 is 0. The number of allylic oxidation sites excluding steroid dienone is 1. The molecule has 0 unspecified atom stereocenters. The molecule has 208 valence electrons. The summed E-state index contributed by atoms with van der Waals surface area (Å²) < 4.78 is 17.3. The molecule has 7 heteroatoms. The number of aliphatic hydroxyl groups is 1. The van der Waals surface area contributed by atoms with E-state index in [-0.39, 0.29) is 11.1 Å². The van der Waals surface area contributed by atoms with E-state index in [0.29, 0.717) is 12.8 Å². The quantitative estimate of drug-likeness (QED) is 0.152. The lowest BCUT2D eigenvalue weighted by Gasteiger charge is -2.46. The van der Waals surface area contributed by atoms with Gasteiger partial charge >= 0.3 is 11.9 Å². The normalized spacial score (nSPS) is 13.9. The van der Waals surface area contributed by atoms with Gasteiger partial charge in [-0.25, -0.2) is 0 Å². The van der Waals surface area contributed by atoms with Crippen molar-refractivity contribution < 1.29 is 28.6 Å². The van der Waals surface area contributed by atoms with Crippen LogP contribution < -0.4 is 10.4 Å². The van der Waals surface area contributed by atoms with Crippen LogP contribution in [0.2, 0.25) is 5.04 Å². The van der Waals surface area contributed by atoms with Crippen LogP contribution in [-0.4, -0.2) is 43.9 Å². The minimum atomic E-state index is -2.82. The van der Waals surface area contributed by atoms with Gasteiger partial charge in [-0.2, -0.15) is 0 Å². The molecule has 0 aromatic heterocycles. The van der Waals surface area contributed by atoms with Crippen molar-refractivity contribution in [3.8, 4) is 0 Å². The van der Waals surface area contributed by atoms with Gasteiger partial charge in [0.1, 0.15) is 0 Å². The van der Waals surface area contributed by atoms with Gasteiger partial charge in [0.2, 0.25) is 0 Å². The average molecular weight is 541 g/mol. The summed E-state index contributed by atoms with van der Waals surface area (Å²) in [5.41, 5.74) is 0. The van der Waals surface area contributed by atoms with Crippen molar-refractivity contribution in [2.24, 2.45) is 0 Å². The highest BCUT2D eigenvalue weighted by atomic mass is 28.4. The Bertz CT molecular complexity index is 960. The van der Waals surface area contributed by atoms with Crippen LogP contribution in [0.25, 0.3) is 0 Å². The zero-order valence-electron chi connectivity index (χ0n) is 23.7. The van der Waals surface area contributed by atoms with Crippen molar-refractivity contribution in [3.05, 3.63) is 72.8 Å². The van der Waals surface area contributed by atoms with Gasteiger partial charge in [0.15, 0.2) is 0 Å². The number of rotatable bonds is 14. The topological polar surface area (TPSA) is 82.1 Å². The Hall–Kier alpha value is -2.74. The first kappa shape index (κ1) is 31.5. The van der Waals surface area contributed by atoms with Crippen LogP contribution in [0.1, 0.15) is 73.6 Å². The molecule has 0 bridgehead atoms. The Morgan fingerprint density at radius 3 is 1.82 bits per heavy atom. The van der Waals surface area contributed by atoms with Gasteiger partial charge in [0, 0.05) is 13.8 Å². The molecule has 2 aromatic rings. The molecule has 38 heavy (non-hydrogen) atoms. The van der Waals surface area contributed by atoms with Crippen LogP contribution >= 0.6 is 0 Å². The minimum Gasteiger partial charge on any atom is -0.421 e. The molecule has 2 atom stereocenters. The van der Waals surface area contributed by atoms with E-state index in [1.807, 2.05) is 12.1 Å². The predicted molar refractivity (Wildman–Crippen MR) is 154 cm³/mol. The second-order valence-corrected chi connectivity index (χ2v) is 14.9. The SMILES string of the molecule is CCCC[C@@H](O[Si](c1ccccc1)(c1ccccc1)C(C)(C)C)[C@H](O)CC/C=C/C(OC(C)=O)OC(C)=O. The first-order valence-corrected chi connectivity index (χ1v) is 15.4. The lowest BCUT2D eigenvalue weighted by Crippen LogP contribution is -2.68. The van der Waals surface area contributed by atoms with E-state index < -0.39 is 32.6 Å². The zero-order valence-corrected chi connectivity index (χ0v) is 24.7. The summed E-state index contributed by atoms with van der Waals surface area (Å²) in [4.78, 5) is 22.6. The number of aliphatic hydroxyl groups excluding tert-OH is 1. The van der Waals surface area contributed by atoms with Crippen molar-refractivity contribution in [2.45, 2.75) is 97.2 Å². The second-order valence-electron chi connectivity index (χ2n) is 10.6. The molecule has 0 aliphatic heterocycles. The van der Waals surface area contributed by atoms with E-state index in [1.165, 1.54) is 30.3 Å². The van der Waals surface area contributed by atoms with E-state index in [4.69, 9.17) is 13.9 Å². The lowest BCUT2D eigenvalue weighted by atomic mass is 10.0. The third-order valence-corrected chi connectivity index (χ3v) is 11.6. The number of carbonyl (C=O) groups is 2. The molecule has 0 spiro atoms. The van der Waals surface area contributed by atoms with Crippen LogP contribution in [-0.2, 0) is 23.5 Å². The Labute approximate surface area is 229 Å². The van der Waals surface area contributed by atoms with Crippen LogP contribution in [0, 0.1) is 0 Å². The Morgan fingerprint density at radius 1 is 0.895 bits per heavy atom. The van der Waals surface area contributed by atoms with Gasteiger partial charge in [0.05, 0.1) is 12.2 Å². The van der Waals surface area contributed by atoms with Crippen LogP contribution in [0.4, 0.5) is 0 Å². The standard InChI is InChI=1S/C31H44O6Si/c1-7-8-22-29(28(34)21-15-16-23-30(35-24(2)32)36-25(3)33)37-38(31(4,5)6,26-17-11-9-12-18-26)27-19-13-10-14-20-27/h9-14,16-20,23,28-30,34H,7-8,15,21-22H2,1-6H3/b23-16+/t28-,29-/m1/s1. The van der Waals surface area contributed by atoms with E-state index in [1.54, 1.807) is 6.08 Å². The van der Waals surface area contributed by atoms with Crippen LogP contribution in [0.15, 0.2) is 72.8 Å². The highest BCUT2D eigenvalue weighted by molar-refractivity contribution is 6.99. The second kappa shape index (κ2) is 15.0. The summed E-state index contributed by atoms with van der Waals surface area (Å²) in [6.45, 7) is 11.3. The fourth-order valence-electron chi connectivity index (χ4n) is 4.74. The third kappa shape index (κ3) is 8.93. The van der Waals surface area contributed by atoms with E-state index in [2.05, 4.69) is 76.2 Å². The molecule has 0 fully saturated rings. The molecule has 0 saturated carbocycles. The molecule has 0 heterocycles. The Kier molecular flexibility index (Phi) is 12.4. The van der Waals surface area contributed by atoms with Crippen molar-refractivity contribution in [1.29, 1.82) is 0 Å². The lowest BCUT2D eigenvalue weighted by molar-refractivity contribution is -0.176. The van der Waals surface area contributed by atoms with Gasteiger partial charge in [-0.05, 0) is 40.8 Å². The van der Waals surface area contributed by atoms with Crippen molar-refractivity contribution >= 4 is 30.6 Å². The maximum absolute atomic E-state index is 11.4. The van der Waals surface area contributed by atoms with Gasteiger partial charge < -0.3 is 19.0 Å². The molecular weight excluding hydrogens is 496 g/mol. The number of hydrogen-bond donors (Lipinski definition) is 1. The molecule has 1 N–H and O–H groups in total. The molecule has 0 amide bonds. The third-order valence-electron chi connectivity index (χ3n) is 6.50. The number of carbonyl (C=O) groups excluding carboxylic acids is 2. The molecule has 2 aromatic carbocycles. The smallest absolute Gasteiger partial charge is 0.305 e. The largest absolute Gasteiger partial charge is 0.421 e. The summed E-state index contributed by atoms with van der Waals surface area (Å²) in [5.74, 6) is -1.08. The number of benzene rings is 2. The van der Waals surface area contributed by atoms with Crippen LogP contribution in [0.5, 0.6) is 0 Å².